The van der Waals surface area contributed by atoms with Crippen molar-refractivity contribution >= 4 is 34.6 Å². The van der Waals surface area contributed by atoms with Crippen LogP contribution in [0.4, 0.5) is 0 Å². The van der Waals surface area contributed by atoms with Gasteiger partial charge in [0.2, 0.25) is 11.8 Å². The van der Waals surface area contributed by atoms with Gasteiger partial charge in [0.15, 0.2) is 6.04 Å². The number of likely N-dealkylation sites (N-methyl/N-ethyl adjacent to an activating group) is 1. The molecule has 0 saturated carbocycles. The Bertz CT molecular complexity index is 2610. The van der Waals surface area contributed by atoms with Gasteiger partial charge in [-0.2, -0.15) is 0 Å². The highest BCUT2D eigenvalue weighted by molar-refractivity contribution is 5.96. The van der Waals surface area contributed by atoms with Crippen molar-refractivity contribution in [3.05, 3.63) is 82.5 Å². The van der Waals surface area contributed by atoms with Crippen LogP contribution >= 0.6 is 0 Å². The number of cyclic esters (lactones) is 1. The van der Waals surface area contributed by atoms with Gasteiger partial charge in [0.25, 0.3) is 11.9 Å². The van der Waals surface area contributed by atoms with Crippen LogP contribution < -0.4 is 5.32 Å². The number of hydrogen-bond donors (Lipinski definition) is 1. The largest absolute Gasteiger partial charge is 0.465 e. The molecule has 1 N–H and O–H groups in total. The number of benzene rings is 2. The first-order valence-corrected chi connectivity index (χ1v) is 24.0. The molecule has 6 bridgehead atoms. The lowest BCUT2D eigenvalue weighted by atomic mass is 9.84. The summed E-state index contributed by atoms with van der Waals surface area (Å²) in [7, 11) is 7.02. The van der Waals surface area contributed by atoms with Gasteiger partial charge in [0.1, 0.15) is 10.9 Å². The first kappa shape index (κ1) is 49.8. The van der Waals surface area contributed by atoms with E-state index in [2.05, 4.69) is 78.9 Å². The van der Waals surface area contributed by atoms with E-state index in [4.69, 9.17) is 14.5 Å². The van der Waals surface area contributed by atoms with Crippen LogP contribution in [-0.4, -0.2) is 144 Å². The maximum atomic E-state index is 14.7. The van der Waals surface area contributed by atoms with Crippen LogP contribution in [-0.2, 0) is 48.0 Å². The highest BCUT2D eigenvalue weighted by atomic mass is 16.5. The fourth-order valence-electron chi connectivity index (χ4n) is 10.1. The molecule has 0 unspecified atom stereocenters. The Morgan fingerprint density at radius 3 is 2.50 bits per heavy atom. The van der Waals surface area contributed by atoms with E-state index in [9.17, 15) is 24.1 Å². The molecule has 7 rings (SSSR count). The highest BCUT2D eigenvalue weighted by Crippen LogP contribution is 2.42. The minimum atomic E-state index is -1.00. The quantitative estimate of drug-likeness (QED) is 0.0833. The molecule has 2 aromatic carbocycles. The molecule has 5 atom stereocenters. The number of hydrazine groups is 1. The topological polar surface area (TPSA) is 150 Å². The fourth-order valence-corrected chi connectivity index (χ4v) is 10.1. The molecule has 15 nitrogen and oxygen atoms in total. The normalized spacial score (nSPS) is 20.4. The van der Waals surface area contributed by atoms with Gasteiger partial charge < -0.3 is 29.2 Å². The van der Waals surface area contributed by atoms with E-state index < -0.39 is 35.4 Å². The zero-order valence-corrected chi connectivity index (χ0v) is 41.5. The van der Waals surface area contributed by atoms with Crippen molar-refractivity contribution in [2.75, 3.05) is 67.6 Å². The van der Waals surface area contributed by atoms with Gasteiger partial charge in [-0.15, -0.1) is 5.01 Å². The van der Waals surface area contributed by atoms with Crippen molar-refractivity contribution in [2.45, 2.75) is 98.0 Å². The number of methoxy groups -OCH3 is 1. The molecule has 0 radical (unpaired) electrons. The number of carbonyl (C=O) groups excluding carboxylic acids is 4. The molecule has 3 aliphatic heterocycles. The first-order valence-electron chi connectivity index (χ1n) is 24.0. The molecule has 15 heteroatoms. The van der Waals surface area contributed by atoms with Gasteiger partial charge in [0, 0.05) is 74.2 Å². The third-order valence-corrected chi connectivity index (χ3v) is 13.7. The SMILES string of the molecule is CCn1c(-c2cccnc2[C@H](C)OC)c2c3cc(ccc31)-c1cccc(c1)C[C@H](NC(=O)[C@H](C(C)C)N(C)[N+](=O)[C@H]1CCN(C(=O)C#CCN(C)C)C1)C(=O)N1CC[C@@H](C1)C(=O)OCC(C)(C)C2. The third kappa shape index (κ3) is 10.8. The Labute approximate surface area is 401 Å². The highest BCUT2D eigenvalue weighted by Gasteiger charge is 2.45. The zero-order valence-electron chi connectivity index (χ0n) is 41.5. The van der Waals surface area contributed by atoms with Gasteiger partial charge in [-0.1, -0.05) is 63.9 Å². The predicted octanol–water partition coefficient (Wildman–Crippen LogP) is 5.92. The molecule has 362 valence electrons. The Hall–Kier alpha value is -6.11. The molecule has 3 amide bonds. The minimum Gasteiger partial charge on any atom is -0.465 e. The fraction of sp³-hybridized carbons (Fsp3) is 0.528. The molecule has 5 heterocycles. The number of rotatable bonds is 11. The van der Waals surface area contributed by atoms with Crippen LogP contribution in [0.2, 0.25) is 0 Å². The van der Waals surface area contributed by atoms with Crippen LogP contribution in [0.5, 0.6) is 0 Å². The van der Waals surface area contributed by atoms with Crippen LogP contribution in [0.3, 0.4) is 0 Å². The number of pyridine rings is 1. The van der Waals surface area contributed by atoms with Crippen LogP contribution in [0.25, 0.3) is 33.3 Å². The molecule has 68 heavy (non-hydrogen) atoms. The van der Waals surface area contributed by atoms with Crippen molar-refractivity contribution < 1.29 is 33.5 Å². The number of aryl methyl sites for hydroxylation is 1. The van der Waals surface area contributed by atoms with E-state index in [-0.39, 0.29) is 55.9 Å². The van der Waals surface area contributed by atoms with E-state index in [1.54, 1.807) is 30.2 Å². The molecule has 2 aromatic heterocycles. The van der Waals surface area contributed by atoms with Crippen LogP contribution in [0.1, 0.15) is 77.3 Å². The van der Waals surface area contributed by atoms with E-state index >= 15 is 0 Å². The van der Waals surface area contributed by atoms with Gasteiger partial charge in [-0.25, -0.2) is 0 Å². The number of nitrogens with one attached hydrogen (secondary N) is 1. The Balaban J connectivity index is 1.23. The average Bonchev–Trinajstić information content (AvgIpc) is 4.08. The summed E-state index contributed by atoms with van der Waals surface area (Å²) in [5.74, 6) is 3.23. The number of esters is 1. The summed E-state index contributed by atoms with van der Waals surface area (Å²) >= 11 is 0. The molecule has 2 fully saturated rings. The summed E-state index contributed by atoms with van der Waals surface area (Å²) in [5.41, 5.74) is 7.40. The summed E-state index contributed by atoms with van der Waals surface area (Å²) in [6.07, 6.45) is 3.19. The molecule has 3 aliphatic rings. The van der Waals surface area contributed by atoms with E-state index in [1.807, 2.05) is 58.0 Å². The number of aromatic nitrogens is 2. The lowest BCUT2D eigenvalue weighted by Crippen LogP contribution is -2.58. The number of hydrogen-bond acceptors (Lipinski definition) is 9. The van der Waals surface area contributed by atoms with E-state index in [0.717, 1.165) is 55.0 Å². The monoisotopic (exact) mass is 930 g/mol. The summed E-state index contributed by atoms with van der Waals surface area (Å²) in [6.45, 7) is 14.5. The van der Waals surface area contributed by atoms with E-state index in [1.165, 1.54) is 5.01 Å². The number of amides is 3. The number of nitrogens with zero attached hydrogens (tertiary/aromatic N) is 7. The Morgan fingerprint density at radius 1 is 1.01 bits per heavy atom. The summed E-state index contributed by atoms with van der Waals surface area (Å²) in [6, 6.07) is 16.1. The molecule has 0 spiro atoms. The van der Waals surface area contributed by atoms with Gasteiger partial charge >= 0.3 is 5.97 Å². The number of ether oxygens (including phenoxy) is 2. The lowest BCUT2D eigenvalue weighted by Gasteiger charge is -2.29. The Morgan fingerprint density at radius 2 is 1.78 bits per heavy atom. The second-order valence-electron chi connectivity index (χ2n) is 20.1. The maximum Gasteiger partial charge on any atom is 0.310 e. The molecule has 4 aromatic rings. The first-order chi connectivity index (χ1) is 32.4. The number of carbonyl (C=O) groups is 4. The second kappa shape index (κ2) is 21.0. The standard InChI is InChI=1S/C53H68N8O7/c1-11-60-45-20-19-38-29-42(45)43(49(60)41-17-13-23-54-47(41)35(4)67-10)30-53(5,6)33-68-52(65)39-21-25-59(31-39)51(64)44(28-36-15-12-16-37(38)27-36)55-50(63)48(34(2)3)57(9)61(66)40-22-26-58(32-40)46(62)18-14-24-56(7)8/h12-13,15-17,19-20,23,27,29,34-35,39-40,44,48H,11,21-22,24-26,28,30-33H2,1-10H3/p+1/t35-,39-,40-,44-,48-/m0/s1. The van der Waals surface area contributed by atoms with Gasteiger partial charge in [-0.05, 0) is 99.1 Å². The van der Waals surface area contributed by atoms with Crippen LogP contribution in [0.15, 0.2) is 60.8 Å². The Kier molecular flexibility index (Phi) is 15.4. The molecule has 0 aliphatic carbocycles. The molecular formula is C53H69N8O7+. The van der Waals surface area contributed by atoms with E-state index in [0.29, 0.717) is 45.4 Å². The number of fused-ring (bicyclic) bond motifs is 6. The zero-order chi connectivity index (χ0) is 49.0. The second-order valence-corrected chi connectivity index (χ2v) is 20.1. The predicted molar refractivity (Wildman–Crippen MR) is 262 cm³/mol. The average molecular weight is 930 g/mol. The third-order valence-electron chi connectivity index (χ3n) is 13.7. The van der Waals surface area contributed by atoms with Crippen LogP contribution in [0, 0.1) is 34.0 Å². The van der Waals surface area contributed by atoms with Crippen molar-refractivity contribution in [3.8, 4) is 34.2 Å². The van der Waals surface area contributed by atoms with Gasteiger partial charge in [0.05, 0.1) is 55.1 Å². The van der Waals surface area contributed by atoms with Crippen molar-refractivity contribution in [2.24, 2.45) is 17.3 Å². The number of likely N-dealkylation sites (tertiary alicyclic amines) is 1. The lowest BCUT2D eigenvalue weighted by molar-refractivity contribution is -0.732. The summed E-state index contributed by atoms with van der Waals surface area (Å²) < 4.78 is 14.3. The van der Waals surface area contributed by atoms with Crippen molar-refractivity contribution in [3.63, 3.8) is 0 Å². The van der Waals surface area contributed by atoms with Crippen molar-refractivity contribution in [1.29, 1.82) is 0 Å². The minimum absolute atomic E-state index is 0.166. The molecular weight excluding hydrogens is 861 g/mol. The molecule has 2 saturated heterocycles. The number of nitroso groups, excluding NO2 is 1. The van der Waals surface area contributed by atoms with Crippen molar-refractivity contribution in [1.82, 2.24) is 34.6 Å². The summed E-state index contributed by atoms with van der Waals surface area (Å²) in [4.78, 5) is 80.6. The van der Waals surface area contributed by atoms with Gasteiger partial charge in [-0.3, -0.25) is 29.1 Å². The summed E-state index contributed by atoms with van der Waals surface area (Å²) in [5, 5.41) is 5.55. The smallest absolute Gasteiger partial charge is 0.310 e. The maximum absolute atomic E-state index is 14.7.